The fraction of sp³-hybridized carbons (Fsp3) is 0.353. The van der Waals surface area contributed by atoms with Crippen LogP contribution in [0.25, 0.3) is 10.8 Å². The minimum Gasteiger partial charge on any atom is -0.469 e. The highest BCUT2D eigenvalue weighted by Gasteiger charge is 2.35. The third kappa shape index (κ3) is 3.24. The molecule has 0 spiro atoms. The van der Waals surface area contributed by atoms with Crippen molar-refractivity contribution in [2.45, 2.75) is 24.5 Å². The zero-order chi connectivity index (χ0) is 14.8. The molecule has 3 atom stereocenters. The average molecular weight is 322 g/mol. The van der Waals surface area contributed by atoms with Crippen LogP contribution in [0.2, 0.25) is 0 Å². The molecule has 22 heavy (non-hydrogen) atoms. The maximum atomic E-state index is 12.2. The first-order valence-corrected chi connectivity index (χ1v) is 7.17. The minimum atomic E-state index is -0.400. The number of methoxy groups -OCH3 is 1. The third-order valence-corrected chi connectivity index (χ3v) is 4.13. The van der Waals surface area contributed by atoms with E-state index in [0.29, 0.717) is 13.0 Å². The smallest absolute Gasteiger partial charge is 0.314 e. The highest BCUT2D eigenvalue weighted by atomic mass is 35.5. The van der Waals surface area contributed by atoms with Gasteiger partial charge in [0.05, 0.1) is 19.1 Å². The number of carbonyl (C=O) groups excluding carboxylic acids is 1. The summed E-state index contributed by atoms with van der Waals surface area (Å²) < 4.78 is 4.97. The van der Waals surface area contributed by atoms with Crippen molar-refractivity contribution >= 4 is 29.1 Å². The second-order valence-electron chi connectivity index (χ2n) is 5.51. The summed E-state index contributed by atoms with van der Waals surface area (Å²) in [5.41, 5.74) is 0.923. The van der Waals surface area contributed by atoms with Crippen LogP contribution in [-0.4, -0.2) is 36.9 Å². The van der Waals surface area contributed by atoms with E-state index in [1.807, 2.05) is 42.5 Å². The first-order chi connectivity index (χ1) is 10.2. The average Bonchev–Trinajstić information content (AvgIpc) is 2.93. The van der Waals surface area contributed by atoms with Gasteiger partial charge in [-0.15, -0.1) is 12.4 Å². The number of ether oxygens (including phenoxy) is 1. The van der Waals surface area contributed by atoms with Crippen molar-refractivity contribution < 1.29 is 14.6 Å². The van der Waals surface area contributed by atoms with Crippen LogP contribution in [0.1, 0.15) is 17.9 Å². The Hall–Kier alpha value is -1.62. The Labute approximate surface area is 135 Å². The Kier molecular flexibility index (Phi) is 5.40. The number of esters is 1. The van der Waals surface area contributed by atoms with Crippen LogP contribution in [0.5, 0.6) is 0 Å². The standard InChI is InChI=1S/C17H19NO3.ClH/c1-21-17(20)16(15-9-14(19)10-18-15)13-7-6-11-4-2-3-5-12(11)8-13;/h2-8,14-16,18-19H,9-10H2,1H3;1H/t14-,15+,16-;/m1./s1. The van der Waals surface area contributed by atoms with E-state index >= 15 is 0 Å². The normalized spacial score (nSPS) is 22.1. The molecule has 0 bridgehead atoms. The van der Waals surface area contributed by atoms with Crippen molar-refractivity contribution in [3.63, 3.8) is 0 Å². The second-order valence-corrected chi connectivity index (χ2v) is 5.51. The second kappa shape index (κ2) is 7.09. The summed E-state index contributed by atoms with van der Waals surface area (Å²) >= 11 is 0. The quantitative estimate of drug-likeness (QED) is 0.851. The third-order valence-electron chi connectivity index (χ3n) is 4.13. The van der Waals surface area contributed by atoms with Crippen LogP contribution in [0.15, 0.2) is 42.5 Å². The SMILES string of the molecule is COC(=O)[C@H](c1ccc2ccccc2c1)[C@@H]1C[C@@H](O)CN1.Cl. The predicted molar refractivity (Wildman–Crippen MR) is 88.4 cm³/mol. The number of halogens is 1. The van der Waals surface area contributed by atoms with Crippen LogP contribution < -0.4 is 5.32 Å². The number of hydrogen-bond acceptors (Lipinski definition) is 4. The van der Waals surface area contributed by atoms with Gasteiger partial charge >= 0.3 is 5.97 Å². The van der Waals surface area contributed by atoms with Gasteiger partial charge in [-0.2, -0.15) is 0 Å². The summed E-state index contributed by atoms with van der Waals surface area (Å²) in [5, 5.41) is 15.2. The number of β-amino-alcohol motifs (C(OH)–C–C–N with tert-alkyl or cyclic N) is 1. The topological polar surface area (TPSA) is 58.6 Å². The lowest BCUT2D eigenvalue weighted by atomic mass is 9.89. The molecule has 3 rings (SSSR count). The summed E-state index contributed by atoms with van der Waals surface area (Å²) in [7, 11) is 1.40. The van der Waals surface area contributed by atoms with E-state index in [9.17, 15) is 9.90 Å². The fourth-order valence-electron chi connectivity index (χ4n) is 3.06. The molecular weight excluding hydrogens is 302 g/mol. The molecule has 4 nitrogen and oxygen atoms in total. The zero-order valence-corrected chi connectivity index (χ0v) is 13.2. The lowest BCUT2D eigenvalue weighted by Gasteiger charge is -2.22. The summed E-state index contributed by atoms with van der Waals surface area (Å²) in [5.74, 6) is -0.659. The molecule has 5 heteroatoms. The first-order valence-electron chi connectivity index (χ1n) is 7.17. The predicted octanol–water partition coefficient (Wildman–Crippen LogP) is 2.24. The molecule has 1 fully saturated rings. The van der Waals surface area contributed by atoms with Crippen molar-refractivity contribution in [3.05, 3.63) is 48.0 Å². The van der Waals surface area contributed by atoms with Crippen molar-refractivity contribution in [2.24, 2.45) is 0 Å². The molecule has 2 N–H and O–H groups in total. The van der Waals surface area contributed by atoms with Gasteiger partial charge in [-0.1, -0.05) is 42.5 Å². The molecule has 0 saturated carbocycles. The maximum Gasteiger partial charge on any atom is 0.314 e. The largest absolute Gasteiger partial charge is 0.469 e. The minimum absolute atomic E-state index is 0. The van der Waals surface area contributed by atoms with Gasteiger partial charge in [0.1, 0.15) is 0 Å². The van der Waals surface area contributed by atoms with Crippen LogP contribution in [0.4, 0.5) is 0 Å². The molecule has 1 aliphatic rings. The molecule has 0 unspecified atom stereocenters. The Balaban J connectivity index is 0.00000176. The number of benzene rings is 2. The number of carbonyl (C=O) groups is 1. The lowest BCUT2D eigenvalue weighted by molar-refractivity contribution is -0.143. The van der Waals surface area contributed by atoms with E-state index in [4.69, 9.17) is 4.74 Å². The van der Waals surface area contributed by atoms with E-state index in [-0.39, 0.29) is 24.4 Å². The lowest BCUT2D eigenvalue weighted by Crippen LogP contribution is -2.34. The molecule has 2 aromatic carbocycles. The zero-order valence-electron chi connectivity index (χ0n) is 12.4. The summed E-state index contributed by atoms with van der Waals surface area (Å²) in [6.07, 6.45) is 0.162. The van der Waals surface area contributed by atoms with Crippen molar-refractivity contribution in [1.29, 1.82) is 0 Å². The highest BCUT2D eigenvalue weighted by Crippen LogP contribution is 2.29. The summed E-state index contributed by atoms with van der Waals surface area (Å²) in [6.45, 7) is 0.520. The van der Waals surface area contributed by atoms with Crippen LogP contribution in [-0.2, 0) is 9.53 Å². The Morgan fingerprint density at radius 3 is 2.64 bits per heavy atom. The van der Waals surface area contributed by atoms with Gasteiger partial charge < -0.3 is 15.2 Å². The molecular formula is C17H20ClNO3. The van der Waals surface area contributed by atoms with E-state index in [1.165, 1.54) is 7.11 Å². The van der Waals surface area contributed by atoms with Crippen molar-refractivity contribution in [2.75, 3.05) is 13.7 Å². The molecule has 0 aromatic heterocycles. The fourth-order valence-corrected chi connectivity index (χ4v) is 3.06. The summed E-state index contributed by atoms with van der Waals surface area (Å²) in [4.78, 5) is 12.2. The van der Waals surface area contributed by atoms with E-state index < -0.39 is 12.0 Å². The van der Waals surface area contributed by atoms with Gasteiger partial charge in [0.15, 0.2) is 0 Å². The van der Waals surface area contributed by atoms with Gasteiger partial charge in [-0.3, -0.25) is 4.79 Å². The number of nitrogens with one attached hydrogen (secondary N) is 1. The number of hydrogen-bond donors (Lipinski definition) is 2. The van der Waals surface area contributed by atoms with Gasteiger partial charge in [-0.05, 0) is 22.8 Å². The van der Waals surface area contributed by atoms with E-state index in [2.05, 4.69) is 5.32 Å². The molecule has 0 radical (unpaired) electrons. The van der Waals surface area contributed by atoms with E-state index in [0.717, 1.165) is 16.3 Å². The molecule has 1 heterocycles. The summed E-state index contributed by atoms with van der Waals surface area (Å²) in [6, 6.07) is 14.0. The van der Waals surface area contributed by atoms with Crippen LogP contribution >= 0.6 is 12.4 Å². The van der Waals surface area contributed by atoms with Crippen LogP contribution in [0.3, 0.4) is 0 Å². The van der Waals surface area contributed by atoms with Gasteiger partial charge in [-0.25, -0.2) is 0 Å². The molecule has 118 valence electrons. The number of rotatable bonds is 3. The first kappa shape index (κ1) is 16.7. The molecule has 1 saturated heterocycles. The molecule has 2 aromatic rings. The Bertz CT molecular complexity index is 661. The Morgan fingerprint density at radius 2 is 2.00 bits per heavy atom. The van der Waals surface area contributed by atoms with Gasteiger partial charge in [0.25, 0.3) is 0 Å². The molecule has 0 aliphatic carbocycles. The van der Waals surface area contributed by atoms with Crippen molar-refractivity contribution in [3.8, 4) is 0 Å². The number of aliphatic hydroxyl groups is 1. The van der Waals surface area contributed by atoms with Crippen LogP contribution in [0, 0.1) is 0 Å². The monoisotopic (exact) mass is 321 g/mol. The van der Waals surface area contributed by atoms with Gasteiger partial charge in [0, 0.05) is 12.6 Å². The van der Waals surface area contributed by atoms with Gasteiger partial charge in [0.2, 0.25) is 0 Å². The van der Waals surface area contributed by atoms with E-state index in [1.54, 1.807) is 0 Å². The number of aliphatic hydroxyl groups excluding tert-OH is 1. The van der Waals surface area contributed by atoms with Crippen molar-refractivity contribution in [1.82, 2.24) is 5.32 Å². The maximum absolute atomic E-state index is 12.2. The number of fused-ring (bicyclic) bond motifs is 1. The Morgan fingerprint density at radius 1 is 1.27 bits per heavy atom. The molecule has 1 aliphatic heterocycles. The highest BCUT2D eigenvalue weighted by molar-refractivity contribution is 5.86. The molecule has 0 amide bonds.